The van der Waals surface area contributed by atoms with Gasteiger partial charge in [-0.2, -0.15) is 0 Å². The zero-order valence-electron chi connectivity index (χ0n) is 12.0. The average Bonchev–Trinajstić information content (AvgIpc) is 2.37. The highest BCUT2D eigenvalue weighted by Gasteiger charge is 2.39. The Kier molecular flexibility index (Phi) is 3.50. The molecule has 3 rings (SSSR count). The molecular formula is C16H28NO+. The van der Waals surface area contributed by atoms with E-state index in [1.807, 2.05) is 0 Å². The molecule has 0 amide bonds. The number of piperidine rings is 1. The van der Waals surface area contributed by atoms with E-state index >= 15 is 0 Å². The van der Waals surface area contributed by atoms with Gasteiger partial charge in [-0.05, 0) is 44.9 Å². The summed E-state index contributed by atoms with van der Waals surface area (Å²) in [6, 6.07) is 0. The minimum Gasteiger partial charge on any atom is -0.371 e. The largest absolute Gasteiger partial charge is 0.371 e. The summed E-state index contributed by atoms with van der Waals surface area (Å²) < 4.78 is 7.48. The predicted molar refractivity (Wildman–Crippen MR) is 74.3 cm³/mol. The zero-order chi connectivity index (χ0) is 12.6. The van der Waals surface area contributed by atoms with Crippen LogP contribution in [0.15, 0.2) is 11.6 Å². The number of nitrogens with zero attached hydrogens (tertiary/aromatic N) is 1. The molecule has 3 atom stereocenters. The molecule has 2 nitrogen and oxygen atoms in total. The Morgan fingerprint density at radius 2 is 2.06 bits per heavy atom. The molecule has 3 aliphatic rings. The van der Waals surface area contributed by atoms with Crippen LogP contribution in [0, 0.1) is 11.8 Å². The van der Waals surface area contributed by atoms with Crippen LogP contribution in [-0.2, 0) is 4.74 Å². The summed E-state index contributed by atoms with van der Waals surface area (Å²) >= 11 is 0. The second-order valence-corrected chi connectivity index (χ2v) is 7.07. The van der Waals surface area contributed by atoms with Gasteiger partial charge in [0.15, 0.2) is 0 Å². The standard InChI is InChI=1S/C16H28NO/c1-13-6-7-14-10-15(13)16(18-12-14)11-17(2)8-4-3-5-9-17/h6,14-16H,3-5,7-12H2,1-2H3/q+1. The number of fused-ring (bicyclic) bond motifs is 2. The molecule has 0 spiro atoms. The third-order valence-electron chi connectivity index (χ3n) is 5.46. The van der Waals surface area contributed by atoms with Gasteiger partial charge in [0, 0.05) is 5.92 Å². The lowest BCUT2D eigenvalue weighted by molar-refractivity contribution is -0.917. The molecule has 2 saturated heterocycles. The number of likely N-dealkylation sites (N-methyl/N-ethyl adjacent to an activating group) is 1. The molecule has 18 heavy (non-hydrogen) atoms. The molecule has 2 aliphatic heterocycles. The van der Waals surface area contributed by atoms with Crippen molar-refractivity contribution in [3.05, 3.63) is 11.6 Å². The van der Waals surface area contributed by atoms with Crippen LogP contribution in [0.5, 0.6) is 0 Å². The monoisotopic (exact) mass is 250 g/mol. The van der Waals surface area contributed by atoms with E-state index in [1.54, 1.807) is 5.57 Å². The number of ether oxygens (including phenoxy) is 1. The molecule has 2 bridgehead atoms. The molecule has 2 heteroatoms. The van der Waals surface area contributed by atoms with Crippen molar-refractivity contribution in [1.29, 1.82) is 0 Å². The first kappa shape index (κ1) is 12.7. The second kappa shape index (κ2) is 4.97. The highest BCUT2D eigenvalue weighted by Crippen LogP contribution is 2.38. The molecular weight excluding hydrogens is 222 g/mol. The van der Waals surface area contributed by atoms with Crippen LogP contribution in [0.4, 0.5) is 0 Å². The Bertz CT molecular complexity index is 330. The van der Waals surface area contributed by atoms with E-state index in [2.05, 4.69) is 20.0 Å². The van der Waals surface area contributed by atoms with Crippen molar-refractivity contribution < 1.29 is 9.22 Å². The Balaban J connectivity index is 1.68. The molecule has 2 fully saturated rings. The summed E-state index contributed by atoms with van der Waals surface area (Å²) in [5.74, 6) is 1.52. The van der Waals surface area contributed by atoms with E-state index in [0.717, 1.165) is 18.4 Å². The lowest BCUT2D eigenvalue weighted by Crippen LogP contribution is -2.55. The van der Waals surface area contributed by atoms with Gasteiger partial charge < -0.3 is 9.22 Å². The molecule has 0 radical (unpaired) electrons. The zero-order valence-corrected chi connectivity index (χ0v) is 12.0. The minimum atomic E-state index is 0.487. The molecule has 0 saturated carbocycles. The Hall–Kier alpha value is -0.340. The van der Waals surface area contributed by atoms with E-state index in [4.69, 9.17) is 4.74 Å². The number of rotatable bonds is 2. The summed E-state index contributed by atoms with van der Waals surface area (Å²) in [6.07, 6.45) is 9.85. The van der Waals surface area contributed by atoms with Crippen LogP contribution in [0.1, 0.15) is 39.0 Å². The smallest absolute Gasteiger partial charge is 0.113 e. The van der Waals surface area contributed by atoms with Crippen LogP contribution < -0.4 is 0 Å². The van der Waals surface area contributed by atoms with Gasteiger partial charge in [0.05, 0.1) is 26.7 Å². The van der Waals surface area contributed by atoms with E-state index < -0.39 is 0 Å². The minimum absolute atomic E-state index is 0.487. The first-order valence-electron chi connectivity index (χ1n) is 7.78. The van der Waals surface area contributed by atoms with Gasteiger partial charge in [-0.3, -0.25) is 0 Å². The third kappa shape index (κ3) is 2.50. The van der Waals surface area contributed by atoms with Gasteiger partial charge in [-0.1, -0.05) is 11.6 Å². The van der Waals surface area contributed by atoms with Gasteiger partial charge in [0.1, 0.15) is 12.6 Å². The van der Waals surface area contributed by atoms with Crippen molar-refractivity contribution in [2.45, 2.75) is 45.1 Å². The molecule has 0 aromatic rings. The van der Waals surface area contributed by atoms with Crippen molar-refractivity contribution in [2.24, 2.45) is 11.8 Å². The number of hydrogen-bond acceptors (Lipinski definition) is 1. The summed E-state index contributed by atoms with van der Waals surface area (Å²) in [4.78, 5) is 0. The molecule has 0 aromatic carbocycles. The number of allylic oxidation sites excluding steroid dienone is 1. The van der Waals surface area contributed by atoms with Gasteiger partial charge >= 0.3 is 0 Å². The van der Waals surface area contributed by atoms with Crippen molar-refractivity contribution in [3.8, 4) is 0 Å². The number of quaternary nitrogens is 1. The summed E-state index contributed by atoms with van der Waals surface area (Å²) in [5.41, 5.74) is 1.60. The van der Waals surface area contributed by atoms with E-state index in [9.17, 15) is 0 Å². The first-order valence-corrected chi connectivity index (χ1v) is 7.78. The maximum Gasteiger partial charge on any atom is 0.113 e. The van der Waals surface area contributed by atoms with Gasteiger partial charge in [-0.25, -0.2) is 0 Å². The lowest BCUT2D eigenvalue weighted by Gasteiger charge is -2.45. The van der Waals surface area contributed by atoms with Crippen molar-refractivity contribution >= 4 is 0 Å². The first-order chi connectivity index (χ1) is 8.66. The maximum absolute atomic E-state index is 6.23. The average molecular weight is 250 g/mol. The molecule has 1 aliphatic carbocycles. The van der Waals surface area contributed by atoms with Crippen molar-refractivity contribution in [2.75, 3.05) is 33.3 Å². The molecule has 3 unspecified atom stereocenters. The predicted octanol–water partition coefficient (Wildman–Crippen LogP) is 2.99. The number of likely N-dealkylation sites (tertiary alicyclic amines) is 1. The van der Waals surface area contributed by atoms with Crippen LogP contribution in [-0.4, -0.2) is 43.9 Å². The van der Waals surface area contributed by atoms with Crippen LogP contribution in [0.25, 0.3) is 0 Å². The molecule has 0 N–H and O–H groups in total. The summed E-state index contributed by atoms with van der Waals surface area (Å²) in [7, 11) is 2.44. The fraction of sp³-hybridized carbons (Fsp3) is 0.875. The molecule has 102 valence electrons. The Morgan fingerprint density at radius 3 is 2.83 bits per heavy atom. The Morgan fingerprint density at radius 1 is 1.28 bits per heavy atom. The van der Waals surface area contributed by atoms with Crippen LogP contribution >= 0.6 is 0 Å². The topological polar surface area (TPSA) is 9.23 Å². The van der Waals surface area contributed by atoms with Crippen molar-refractivity contribution in [3.63, 3.8) is 0 Å². The fourth-order valence-corrected chi connectivity index (χ4v) is 4.17. The van der Waals surface area contributed by atoms with E-state index in [0.29, 0.717) is 6.10 Å². The van der Waals surface area contributed by atoms with Gasteiger partial charge in [-0.15, -0.1) is 0 Å². The summed E-state index contributed by atoms with van der Waals surface area (Å²) in [6.45, 7) is 7.28. The quantitative estimate of drug-likeness (QED) is 0.541. The van der Waals surface area contributed by atoms with Crippen LogP contribution in [0.2, 0.25) is 0 Å². The molecule has 2 heterocycles. The van der Waals surface area contributed by atoms with Gasteiger partial charge in [0.25, 0.3) is 0 Å². The second-order valence-electron chi connectivity index (χ2n) is 7.07. The fourth-order valence-electron chi connectivity index (χ4n) is 4.17. The SMILES string of the molecule is CC1=CCC2COC(C[N+]3(C)CCCCC3)C1C2. The normalized spacial score (nSPS) is 39.2. The van der Waals surface area contributed by atoms with E-state index in [-0.39, 0.29) is 0 Å². The van der Waals surface area contributed by atoms with Crippen LogP contribution in [0.3, 0.4) is 0 Å². The highest BCUT2D eigenvalue weighted by molar-refractivity contribution is 5.12. The highest BCUT2D eigenvalue weighted by atomic mass is 16.5. The number of hydrogen-bond donors (Lipinski definition) is 0. The summed E-state index contributed by atoms with van der Waals surface area (Å²) in [5, 5.41) is 0. The molecule has 0 aromatic heterocycles. The van der Waals surface area contributed by atoms with Crippen molar-refractivity contribution in [1.82, 2.24) is 0 Å². The third-order valence-corrected chi connectivity index (χ3v) is 5.46. The van der Waals surface area contributed by atoms with E-state index in [1.165, 1.54) is 56.2 Å². The van der Waals surface area contributed by atoms with Gasteiger partial charge in [0.2, 0.25) is 0 Å². The maximum atomic E-state index is 6.23. The lowest BCUT2D eigenvalue weighted by atomic mass is 9.76. The Labute approximate surface area is 112 Å².